The fourth-order valence-electron chi connectivity index (χ4n) is 2.26. The summed E-state index contributed by atoms with van der Waals surface area (Å²) in [5.41, 5.74) is 0.150. The summed E-state index contributed by atoms with van der Waals surface area (Å²) < 4.78 is 21.1. The van der Waals surface area contributed by atoms with Crippen LogP contribution in [0.5, 0.6) is 17.2 Å². The molecule has 0 aliphatic carbocycles. The molecule has 1 aromatic rings. The minimum atomic E-state index is -0.634. The quantitative estimate of drug-likeness (QED) is 0.809. The Balaban J connectivity index is 2.58. The molecule has 0 aromatic heterocycles. The number of benzene rings is 1. The molecule has 2 rings (SSSR count). The molecule has 1 heterocycles. The predicted octanol–water partition coefficient (Wildman–Crippen LogP) is 1.57. The third-order valence-electron chi connectivity index (χ3n) is 3.59. The van der Waals surface area contributed by atoms with E-state index in [2.05, 4.69) is 0 Å². The summed E-state index contributed by atoms with van der Waals surface area (Å²) in [4.78, 5) is 12.0. The van der Waals surface area contributed by atoms with Crippen LogP contribution in [0.4, 0.5) is 0 Å². The standard InChI is InChI=1S/C14H18O5/c1-9(15)14(7-19-8-14)10-5-12(17-3)13(18-4)6-11(10)16-2/h5-6H,7-8H2,1-4H3. The van der Waals surface area contributed by atoms with Crippen molar-refractivity contribution in [2.45, 2.75) is 12.3 Å². The van der Waals surface area contributed by atoms with E-state index in [0.29, 0.717) is 30.5 Å². The first-order chi connectivity index (χ1) is 9.08. The molecule has 0 saturated carbocycles. The molecule has 5 nitrogen and oxygen atoms in total. The molecule has 19 heavy (non-hydrogen) atoms. The summed E-state index contributed by atoms with van der Waals surface area (Å²) in [6.45, 7) is 2.31. The van der Waals surface area contributed by atoms with Gasteiger partial charge in [0.2, 0.25) is 0 Å². The average Bonchev–Trinajstić information content (AvgIpc) is 2.36. The number of ketones is 1. The van der Waals surface area contributed by atoms with Crippen LogP contribution in [0.25, 0.3) is 0 Å². The highest BCUT2D eigenvalue weighted by Crippen LogP contribution is 2.44. The van der Waals surface area contributed by atoms with Gasteiger partial charge in [-0.2, -0.15) is 0 Å². The van der Waals surface area contributed by atoms with Crippen molar-refractivity contribution in [1.29, 1.82) is 0 Å². The van der Waals surface area contributed by atoms with Crippen molar-refractivity contribution in [3.05, 3.63) is 17.7 Å². The second-order valence-corrected chi connectivity index (χ2v) is 4.54. The van der Waals surface area contributed by atoms with E-state index in [1.165, 1.54) is 0 Å². The number of carbonyl (C=O) groups is 1. The van der Waals surface area contributed by atoms with Crippen molar-refractivity contribution < 1.29 is 23.7 Å². The predicted molar refractivity (Wildman–Crippen MR) is 69.3 cm³/mol. The minimum absolute atomic E-state index is 0.0595. The van der Waals surface area contributed by atoms with E-state index in [4.69, 9.17) is 18.9 Å². The molecule has 0 unspecified atom stereocenters. The van der Waals surface area contributed by atoms with Crippen LogP contribution in [-0.4, -0.2) is 40.3 Å². The smallest absolute Gasteiger partial charge is 0.164 e. The van der Waals surface area contributed by atoms with Gasteiger partial charge in [0.25, 0.3) is 0 Å². The van der Waals surface area contributed by atoms with Crippen LogP contribution in [0.1, 0.15) is 12.5 Å². The van der Waals surface area contributed by atoms with Crippen LogP contribution in [0.2, 0.25) is 0 Å². The average molecular weight is 266 g/mol. The Morgan fingerprint density at radius 1 is 1.05 bits per heavy atom. The number of carbonyl (C=O) groups excluding carboxylic acids is 1. The Morgan fingerprint density at radius 2 is 1.58 bits per heavy atom. The zero-order chi connectivity index (χ0) is 14.0. The highest BCUT2D eigenvalue weighted by atomic mass is 16.5. The summed E-state index contributed by atoms with van der Waals surface area (Å²) in [6.07, 6.45) is 0. The van der Waals surface area contributed by atoms with E-state index in [1.54, 1.807) is 40.4 Å². The van der Waals surface area contributed by atoms with Crippen molar-refractivity contribution in [2.24, 2.45) is 0 Å². The second kappa shape index (κ2) is 5.09. The molecule has 0 amide bonds. The second-order valence-electron chi connectivity index (χ2n) is 4.54. The highest BCUT2D eigenvalue weighted by molar-refractivity contribution is 5.90. The molecule has 1 aromatic carbocycles. The Bertz CT molecular complexity index is 491. The zero-order valence-corrected chi connectivity index (χ0v) is 11.6. The fraction of sp³-hybridized carbons (Fsp3) is 0.500. The Hall–Kier alpha value is -1.75. The summed E-state index contributed by atoms with van der Waals surface area (Å²) in [7, 11) is 4.69. The molecule has 1 fully saturated rings. The van der Waals surface area contributed by atoms with E-state index in [1.807, 2.05) is 0 Å². The van der Waals surface area contributed by atoms with Crippen molar-refractivity contribution in [2.75, 3.05) is 34.5 Å². The maximum Gasteiger partial charge on any atom is 0.164 e. The molecule has 0 atom stereocenters. The first-order valence-electron chi connectivity index (χ1n) is 5.98. The number of hydrogen-bond acceptors (Lipinski definition) is 5. The molecule has 0 N–H and O–H groups in total. The molecule has 1 aliphatic rings. The van der Waals surface area contributed by atoms with E-state index < -0.39 is 5.41 Å². The number of methoxy groups -OCH3 is 3. The molecule has 104 valence electrons. The SMILES string of the molecule is COc1cc(OC)c(C2(C(C)=O)COC2)cc1OC. The van der Waals surface area contributed by atoms with E-state index in [9.17, 15) is 4.79 Å². The van der Waals surface area contributed by atoms with Gasteiger partial charge < -0.3 is 18.9 Å². The summed E-state index contributed by atoms with van der Waals surface area (Å²) in [5, 5.41) is 0. The normalized spacial score (nSPS) is 16.4. The van der Waals surface area contributed by atoms with E-state index in [-0.39, 0.29) is 5.78 Å². The van der Waals surface area contributed by atoms with Crippen molar-refractivity contribution in [3.8, 4) is 17.2 Å². The van der Waals surface area contributed by atoms with Gasteiger partial charge in [0, 0.05) is 11.6 Å². The largest absolute Gasteiger partial charge is 0.496 e. The first kappa shape index (κ1) is 13.7. The summed E-state index contributed by atoms with van der Waals surface area (Å²) in [5.74, 6) is 1.81. The number of hydrogen-bond donors (Lipinski definition) is 0. The van der Waals surface area contributed by atoms with Gasteiger partial charge in [0.15, 0.2) is 11.5 Å². The van der Waals surface area contributed by atoms with Crippen molar-refractivity contribution in [1.82, 2.24) is 0 Å². The first-order valence-corrected chi connectivity index (χ1v) is 5.98. The monoisotopic (exact) mass is 266 g/mol. The van der Waals surface area contributed by atoms with Gasteiger partial charge in [-0.15, -0.1) is 0 Å². The van der Waals surface area contributed by atoms with E-state index >= 15 is 0 Å². The van der Waals surface area contributed by atoms with Gasteiger partial charge in [-0.05, 0) is 13.0 Å². The van der Waals surface area contributed by atoms with Gasteiger partial charge in [-0.1, -0.05) is 0 Å². The molecule has 0 bridgehead atoms. The molecule has 5 heteroatoms. The summed E-state index contributed by atoms with van der Waals surface area (Å²) in [6, 6.07) is 3.53. The maximum atomic E-state index is 12.0. The maximum absolute atomic E-state index is 12.0. The van der Waals surface area contributed by atoms with Gasteiger partial charge in [0.1, 0.15) is 16.9 Å². The van der Waals surface area contributed by atoms with Crippen LogP contribution in [0, 0.1) is 0 Å². The number of ether oxygens (including phenoxy) is 4. The van der Waals surface area contributed by atoms with E-state index in [0.717, 1.165) is 5.56 Å². The third-order valence-corrected chi connectivity index (χ3v) is 3.59. The highest BCUT2D eigenvalue weighted by Gasteiger charge is 2.47. The Kier molecular flexibility index (Phi) is 3.66. The molecular formula is C14H18O5. The van der Waals surface area contributed by atoms with Crippen LogP contribution < -0.4 is 14.2 Å². The summed E-state index contributed by atoms with van der Waals surface area (Å²) >= 11 is 0. The lowest BCUT2D eigenvalue weighted by atomic mass is 9.75. The lowest BCUT2D eigenvalue weighted by Gasteiger charge is -2.40. The topological polar surface area (TPSA) is 54.0 Å². The lowest BCUT2D eigenvalue weighted by molar-refractivity contribution is -0.140. The number of rotatable bonds is 5. The fourth-order valence-corrected chi connectivity index (χ4v) is 2.26. The third kappa shape index (κ3) is 2.04. The lowest BCUT2D eigenvalue weighted by Crippen LogP contribution is -2.52. The van der Waals surface area contributed by atoms with Crippen LogP contribution in [-0.2, 0) is 14.9 Å². The van der Waals surface area contributed by atoms with Gasteiger partial charge >= 0.3 is 0 Å². The Morgan fingerprint density at radius 3 is 1.95 bits per heavy atom. The van der Waals surface area contributed by atoms with Crippen LogP contribution in [0.3, 0.4) is 0 Å². The van der Waals surface area contributed by atoms with Crippen molar-refractivity contribution >= 4 is 5.78 Å². The number of Topliss-reactive ketones (excluding diaryl/α,β-unsaturated/α-hetero) is 1. The van der Waals surface area contributed by atoms with Crippen LogP contribution >= 0.6 is 0 Å². The van der Waals surface area contributed by atoms with Gasteiger partial charge in [-0.3, -0.25) is 4.79 Å². The molecule has 0 radical (unpaired) electrons. The Labute approximate surface area is 112 Å². The van der Waals surface area contributed by atoms with Crippen LogP contribution in [0.15, 0.2) is 12.1 Å². The molecule has 1 saturated heterocycles. The van der Waals surface area contributed by atoms with Crippen molar-refractivity contribution in [3.63, 3.8) is 0 Å². The van der Waals surface area contributed by atoms with Gasteiger partial charge in [-0.25, -0.2) is 0 Å². The molecule has 0 spiro atoms. The minimum Gasteiger partial charge on any atom is -0.496 e. The van der Waals surface area contributed by atoms with Gasteiger partial charge in [0.05, 0.1) is 34.5 Å². The zero-order valence-electron chi connectivity index (χ0n) is 11.6. The molecular weight excluding hydrogens is 248 g/mol. The molecule has 1 aliphatic heterocycles.